The van der Waals surface area contributed by atoms with Gasteiger partial charge in [0, 0.05) is 12.6 Å². The van der Waals surface area contributed by atoms with Gasteiger partial charge in [0.15, 0.2) is 10.8 Å². The average molecular weight is 279 g/mol. The van der Waals surface area contributed by atoms with Gasteiger partial charge in [-0.2, -0.15) is 0 Å². The smallest absolute Gasteiger partial charge is 0.165 e. The summed E-state index contributed by atoms with van der Waals surface area (Å²) in [5.74, 6) is 1.71. The van der Waals surface area contributed by atoms with Gasteiger partial charge in [0.25, 0.3) is 0 Å². The van der Waals surface area contributed by atoms with E-state index in [1.165, 1.54) is 19.2 Å². The molecule has 2 heterocycles. The first-order valence-corrected chi connectivity index (χ1v) is 7.09. The number of halogens is 1. The van der Waals surface area contributed by atoms with Crippen molar-refractivity contribution in [2.45, 2.75) is 25.3 Å². The lowest BCUT2D eigenvalue weighted by Crippen LogP contribution is -2.25. The normalized spacial score (nSPS) is 33.4. The van der Waals surface area contributed by atoms with Crippen LogP contribution in [0, 0.1) is 17.8 Å². The number of aliphatic hydroxyl groups is 1. The van der Waals surface area contributed by atoms with E-state index >= 15 is 0 Å². The minimum Gasteiger partial charge on any atom is -0.396 e. The summed E-state index contributed by atoms with van der Waals surface area (Å²) < 4.78 is 2.13. The molecule has 4 rings (SSSR count). The molecule has 2 aliphatic carbocycles. The summed E-state index contributed by atoms with van der Waals surface area (Å²) in [6.45, 7) is 0.292. The van der Waals surface area contributed by atoms with Crippen LogP contribution in [0.15, 0.2) is 12.7 Å². The van der Waals surface area contributed by atoms with Gasteiger partial charge in [-0.25, -0.2) is 15.0 Å². The molecule has 1 N–H and O–H groups in total. The van der Waals surface area contributed by atoms with Gasteiger partial charge in [0.1, 0.15) is 11.8 Å². The minimum atomic E-state index is 0.292. The molecular formula is C13H15ClN4O. The van der Waals surface area contributed by atoms with Crippen molar-refractivity contribution < 1.29 is 5.11 Å². The van der Waals surface area contributed by atoms with Crippen molar-refractivity contribution >= 4 is 22.8 Å². The van der Waals surface area contributed by atoms with Crippen molar-refractivity contribution in [2.24, 2.45) is 17.8 Å². The zero-order chi connectivity index (χ0) is 13.0. The summed E-state index contributed by atoms with van der Waals surface area (Å²) >= 11 is 6.05. The van der Waals surface area contributed by atoms with E-state index in [-0.39, 0.29) is 0 Å². The molecule has 2 aromatic heterocycles. The highest BCUT2D eigenvalue weighted by atomic mass is 35.5. The molecule has 2 fully saturated rings. The number of hydrogen-bond acceptors (Lipinski definition) is 4. The van der Waals surface area contributed by atoms with E-state index < -0.39 is 0 Å². The molecule has 0 amide bonds. The summed E-state index contributed by atoms with van der Waals surface area (Å²) in [7, 11) is 0. The SMILES string of the molecule is OC[C@@H]1C[C@@H]2C[C@H]1[C@@H](n1cnc3c(Cl)ncnc31)C2. The fourth-order valence-electron chi connectivity index (χ4n) is 4.05. The van der Waals surface area contributed by atoms with Crippen LogP contribution in [0.25, 0.3) is 11.2 Å². The van der Waals surface area contributed by atoms with E-state index in [1.54, 1.807) is 0 Å². The number of fused-ring (bicyclic) bond motifs is 3. The van der Waals surface area contributed by atoms with Crippen molar-refractivity contribution in [1.82, 2.24) is 19.5 Å². The second-order valence-corrected chi connectivity index (χ2v) is 6.09. The molecule has 4 atom stereocenters. The fourth-order valence-corrected chi connectivity index (χ4v) is 4.23. The van der Waals surface area contributed by atoms with Gasteiger partial charge in [-0.3, -0.25) is 0 Å². The molecule has 0 spiro atoms. The third kappa shape index (κ3) is 1.61. The first-order valence-electron chi connectivity index (χ1n) is 6.72. The van der Waals surface area contributed by atoms with Crippen molar-refractivity contribution in [3.63, 3.8) is 0 Å². The van der Waals surface area contributed by atoms with E-state index in [2.05, 4.69) is 19.5 Å². The highest BCUT2D eigenvalue weighted by Crippen LogP contribution is 2.54. The third-order valence-corrected chi connectivity index (χ3v) is 5.10. The Morgan fingerprint density at radius 1 is 1.26 bits per heavy atom. The number of aliphatic hydroxyl groups excluding tert-OH is 1. The molecule has 0 unspecified atom stereocenters. The Balaban J connectivity index is 1.77. The molecule has 2 aliphatic rings. The maximum Gasteiger partial charge on any atom is 0.165 e. The molecule has 2 bridgehead atoms. The number of imidazole rings is 1. The van der Waals surface area contributed by atoms with E-state index in [0.717, 1.165) is 18.0 Å². The van der Waals surface area contributed by atoms with Crippen molar-refractivity contribution in [3.8, 4) is 0 Å². The number of hydrogen-bond donors (Lipinski definition) is 1. The van der Waals surface area contributed by atoms with Gasteiger partial charge in [-0.1, -0.05) is 11.6 Å². The van der Waals surface area contributed by atoms with Gasteiger partial charge in [0.05, 0.1) is 6.33 Å². The Hall–Kier alpha value is -1.20. The van der Waals surface area contributed by atoms with Gasteiger partial charge in [-0.15, -0.1) is 0 Å². The predicted molar refractivity (Wildman–Crippen MR) is 70.8 cm³/mol. The van der Waals surface area contributed by atoms with Crippen LogP contribution in [-0.4, -0.2) is 31.2 Å². The summed E-state index contributed by atoms with van der Waals surface area (Å²) in [4.78, 5) is 12.6. The summed E-state index contributed by atoms with van der Waals surface area (Å²) in [5.41, 5.74) is 1.49. The maximum atomic E-state index is 9.49. The van der Waals surface area contributed by atoms with Gasteiger partial charge < -0.3 is 9.67 Å². The fraction of sp³-hybridized carbons (Fsp3) is 0.615. The standard InChI is InChI=1S/C13H15ClN4O/c14-12-11-13(16-5-15-12)18(6-17-11)10-3-7-1-8(4-19)9(10)2-7/h5-10,19H,1-4H2/t7-,8+,9-,10+/m1/s1. The van der Waals surface area contributed by atoms with E-state index in [1.807, 2.05) is 6.33 Å². The van der Waals surface area contributed by atoms with Crippen LogP contribution in [0.2, 0.25) is 5.15 Å². The number of nitrogens with zero attached hydrogens (tertiary/aromatic N) is 4. The number of rotatable bonds is 2. The Bertz CT molecular complexity index is 628. The van der Waals surface area contributed by atoms with Gasteiger partial charge >= 0.3 is 0 Å². The predicted octanol–water partition coefficient (Wildman–Crippen LogP) is 2.06. The summed E-state index contributed by atoms with van der Waals surface area (Å²) in [5, 5.41) is 9.90. The van der Waals surface area contributed by atoms with Crippen LogP contribution in [0.5, 0.6) is 0 Å². The van der Waals surface area contributed by atoms with Gasteiger partial charge in [-0.05, 0) is 37.0 Å². The molecule has 6 heteroatoms. The third-order valence-electron chi connectivity index (χ3n) is 4.82. The molecule has 0 aliphatic heterocycles. The van der Waals surface area contributed by atoms with Gasteiger partial charge in [0.2, 0.25) is 0 Å². The maximum absolute atomic E-state index is 9.49. The molecular weight excluding hydrogens is 264 g/mol. The molecule has 0 saturated heterocycles. The molecule has 0 aromatic carbocycles. The molecule has 2 aromatic rings. The van der Waals surface area contributed by atoms with Crippen LogP contribution in [0.3, 0.4) is 0 Å². The van der Waals surface area contributed by atoms with E-state index in [0.29, 0.717) is 35.2 Å². The van der Waals surface area contributed by atoms with Crippen molar-refractivity contribution in [3.05, 3.63) is 17.8 Å². The lowest BCUT2D eigenvalue weighted by Gasteiger charge is -2.29. The van der Waals surface area contributed by atoms with Crippen molar-refractivity contribution in [2.75, 3.05) is 6.61 Å². The Labute approximate surface area is 115 Å². The Kier molecular flexibility index (Phi) is 2.53. The first-order chi connectivity index (χ1) is 9.28. The largest absolute Gasteiger partial charge is 0.396 e. The molecule has 2 saturated carbocycles. The van der Waals surface area contributed by atoms with Crippen LogP contribution in [0.4, 0.5) is 0 Å². The van der Waals surface area contributed by atoms with E-state index in [4.69, 9.17) is 11.6 Å². The summed E-state index contributed by atoms with van der Waals surface area (Å²) in [6, 6.07) is 0.395. The van der Waals surface area contributed by atoms with Crippen LogP contribution >= 0.6 is 11.6 Å². The highest BCUT2D eigenvalue weighted by Gasteiger charge is 2.46. The molecule has 19 heavy (non-hydrogen) atoms. The van der Waals surface area contributed by atoms with Crippen LogP contribution < -0.4 is 0 Å². The highest BCUT2D eigenvalue weighted by molar-refractivity contribution is 6.33. The lowest BCUT2D eigenvalue weighted by molar-refractivity contribution is 0.146. The zero-order valence-electron chi connectivity index (χ0n) is 10.4. The van der Waals surface area contributed by atoms with Crippen molar-refractivity contribution in [1.29, 1.82) is 0 Å². The van der Waals surface area contributed by atoms with Crippen LogP contribution in [0.1, 0.15) is 25.3 Å². The minimum absolute atomic E-state index is 0.292. The molecule has 100 valence electrons. The molecule has 0 radical (unpaired) electrons. The van der Waals surface area contributed by atoms with E-state index in [9.17, 15) is 5.11 Å². The zero-order valence-corrected chi connectivity index (χ0v) is 11.2. The topological polar surface area (TPSA) is 63.8 Å². The van der Waals surface area contributed by atoms with Crippen LogP contribution in [-0.2, 0) is 0 Å². The quantitative estimate of drug-likeness (QED) is 0.854. The lowest BCUT2D eigenvalue weighted by atomic mass is 9.85. The first kappa shape index (κ1) is 11.6. The summed E-state index contributed by atoms with van der Waals surface area (Å²) in [6.07, 6.45) is 6.85. The number of aromatic nitrogens is 4. The Morgan fingerprint density at radius 3 is 2.95 bits per heavy atom. The average Bonchev–Trinajstić information content (AvgIpc) is 3.11. The Morgan fingerprint density at radius 2 is 2.16 bits per heavy atom. The monoisotopic (exact) mass is 278 g/mol. The second kappa shape index (κ2) is 4.15. The molecule has 5 nitrogen and oxygen atoms in total. The second-order valence-electron chi connectivity index (χ2n) is 5.74.